The Morgan fingerprint density at radius 1 is 1.44 bits per heavy atom. The lowest BCUT2D eigenvalue weighted by molar-refractivity contribution is 0.350. The fraction of sp³-hybridized carbons (Fsp3) is 0.733. The van der Waals surface area contributed by atoms with Gasteiger partial charge in [0.05, 0.1) is 4.34 Å². The van der Waals surface area contributed by atoms with E-state index in [4.69, 9.17) is 11.6 Å². The molecular weight excluding hydrogens is 262 g/mol. The molecule has 2 rings (SSSR count). The van der Waals surface area contributed by atoms with Crippen molar-refractivity contribution >= 4 is 22.9 Å². The molecule has 0 aliphatic heterocycles. The topological polar surface area (TPSA) is 12.0 Å². The van der Waals surface area contributed by atoms with Crippen LogP contribution in [-0.4, -0.2) is 12.6 Å². The van der Waals surface area contributed by atoms with Gasteiger partial charge in [0, 0.05) is 10.9 Å². The molecule has 1 aliphatic carbocycles. The minimum Gasteiger partial charge on any atom is -0.313 e. The third-order valence-electron chi connectivity index (χ3n) is 4.01. The molecule has 1 aliphatic rings. The summed E-state index contributed by atoms with van der Waals surface area (Å²) in [5.74, 6) is 1.76. The zero-order valence-corrected chi connectivity index (χ0v) is 13.0. The minimum atomic E-state index is 0.643. The van der Waals surface area contributed by atoms with E-state index in [1.807, 2.05) is 6.07 Å². The fourth-order valence-electron chi connectivity index (χ4n) is 3.03. The number of rotatable bonds is 6. The first-order chi connectivity index (χ1) is 8.69. The molecule has 1 fully saturated rings. The van der Waals surface area contributed by atoms with Crippen molar-refractivity contribution in [2.75, 3.05) is 6.54 Å². The van der Waals surface area contributed by atoms with Gasteiger partial charge >= 0.3 is 0 Å². The van der Waals surface area contributed by atoms with Gasteiger partial charge in [-0.05, 0) is 56.2 Å². The Hall–Kier alpha value is -0.0500. The molecular formula is C15H24ClNS. The van der Waals surface area contributed by atoms with Crippen molar-refractivity contribution in [1.29, 1.82) is 0 Å². The van der Waals surface area contributed by atoms with Crippen molar-refractivity contribution in [3.63, 3.8) is 0 Å². The highest BCUT2D eigenvalue weighted by Crippen LogP contribution is 2.34. The third kappa shape index (κ3) is 3.97. The van der Waals surface area contributed by atoms with Crippen LogP contribution < -0.4 is 5.32 Å². The monoisotopic (exact) mass is 285 g/mol. The molecule has 0 aromatic carbocycles. The fourth-order valence-corrected chi connectivity index (χ4v) is 4.18. The Kier molecular flexibility index (Phi) is 5.53. The van der Waals surface area contributed by atoms with Crippen LogP contribution in [0.1, 0.15) is 44.4 Å². The molecule has 102 valence electrons. The maximum Gasteiger partial charge on any atom is 0.0931 e. The second-order valence-corrected chi connectivity index (χ2v) is 7.45. The van der Waals surface area contributed by atoms with E-state index in [9.17, 15) is 0 Å². The lowest BCUT2D eigenvalue weighted by Crippen LogP contribution is -2.37. The Labute approximate surface area is 120 Å². The summed E-state index contributed by atoms with van der Waals surface area (Å²) >= 11 is 7.76. The molecule has 3 atom stereocenters. The summed E-state index contributed by atoms with van der Waals surface area (Å²) in [5, 5.41) is 3.75. The Bertz CT molecular complexity index is 363. The predicted molar refractivity (Wildman–Crippen MR) is 81.6 cm³/mol. The molecule has 3 unspecified atom stereocenters. The van der Waals surface area contributed by atoms with Gasteiger partial charge in [0.2, 0.25) is 0 Å². The first-order valence-corrected chi connectivity index (χ1v) is 8.36. The summed E-state index contributed by atoms with van der Waals surface area (Å²) in [6, 6.07) is 4.85. The van der Waals surface area contributed by atoms with Crippen LogP contribution in [-0.2, 0) is 6.42 Å². The third-order valence-corrected chi connectivity index (χ3v) is 5.26. The second kappa shape index (κ2) is 6.93. The van der Waals surface area contributed by atoms with Crippen LogP contribution >= 0.6 is 22.9 Å². The van der Waals surface area contributed by atoms with Crippen LogP contribution in [0.25, 0.3) is 0 Å². The number of halogens is 1. The summed E-state index contributed by atoms with van der Waals surface area (Å²) in [6.45, 7) is 5.76. The highest BCUT2D eigenvalue weighted by Gasteiger charge is 2.28. The summed E-state index contributed by atoms with van der Waals surface area (Å²) in [6.07, 6.45) is 6.54. The second-order valence-electron chi connectivity index (χ2n) is 5.65. The SMILES string of the molecule is CCCNC(Cc1ccc(Cl)s1)C1CCC(C)C1. The predicted octanol–water partition coefficient (Wildman–Crippen LogP) is 4.75. The van der Waals surface area contributed by atoms with Gasteiger partial charge < -0.3 is 5.32 Å². The maximum atomic E-state index is 6.03. The Balaban J connectivity index is 1.96. The average Bonchev–Trinajstić information content (AvgIpc) is 2.93. The summed E-state index contributed by atoms with van der Waals surface area (Å²) < 4.78 is 0.916. The molecule has 18 heavy (non-hydrogen) atoms. The molecule has 0 amide bonds. The van der Waals surface area contributed by atoms with E-state index in [-0.39, 0.29) is 0 Å². The molecule has 3 heteroatoms. The summed E-state index contributed by atoms with van der Waals surface area (Å²) in [5.41, 5.74) is 0. The van der Waals surface area contributed by atoms with Gasteiger partial charge in [-0.25, -0.2) is 0 Å². The number of nitrogens with one attached hydrogen (secondary N) is 1. The summed E-state index contributed by atoms with van der Waals surface area (Å²) in [4.78, 5) is 1.42. The van der Waals surface area contributed by atoms with Gasteiger partial charge in [0.25, 0.3) is 0 Å². The van der Waals surface area contributed by atoms with Gasteiger partial charge in [-0.15, -0.1) is 11.3 Å². The molecule has 1 aromatic rings. The van der Waals surface area contributed by atoms with Crippen LogP contribution in [0.5, 0.6) is 0 Å². The molecule has 1 saturated carbocycles. The Morgan fingerprint density at radius 2 is 2.28 bits per heavy atom. The van der Waals surface area contributed by atoms with Crippen molar-refractivity contribution in [3.05, 3.63) is 21.3 Å². The van der Waals surface area contributed by atoms with E-state index in [0.717, 1.165) is 29.1 Å². The van der Waals surface area contributed by atoms with Crippen molar-refractivity contribution in [3.8, 4) is 0 Å². The normalized spacial score (nSPS) is 25.5. The molecule has 1 N–H and O–H groups in total. The van der Waals surface area contributed by atoms with E-state index in [2.05, 4.69) is 25.2 Å². The summed E-state index contributed by atoms with van der Waals surface area (Å²) in [7, 11) is 0. The van der Waals surface area contributed by atoms with Gasteiger partial charge in [0.1, 0.15) is 0 Å². The van der Waals surface area contributed by atoms with E-state index in [0.29, 0.717) is 6.04 Å². The molecule has 1 heterocycles. The van der Waals surface area contributed by atoms with Crippen molar-refractivity contribution in [2.45, 2.75) is 52.0 Å². The molecule has 0 bridgehead atoms. The highest BCUT2D eigenvalue weighted by atomic mass is 35.5. The first kappa shape index (κ1) is 14.4. The number of thiophene rings is 1. The van der Waals surface area contributed by atoms with Crippen molar-refractivity contribution < 1.29 is 0 Å². The number of hydrogen-bond donors (Lipinski definition) is 1. The zero-order valence-electron chi connectivity index (χ0n) is 11.4. The van der Waals surface area contributed by atoms with Crippen LogP contribution in [0.3, 0.4) is 0 Å². The molecule has 0 saturated heterocycles. The van der Waals surface area contributed by atoms with Crippen LogP contribution in [0, 0.1) is 11.8 Å². The quantitative estimate of drug-likeness (QED) is 0.795. The minimum absolute atomic E-state index is 0.643. The smallest absolute Gasteiger partial charge is 0.0931 e. The van der Waals surface area contributed by atoms with Crippen LogP contribution in [0.4, 0.5) is 0 Å². The maximum absolute atomic E-state index is 6.03. The van der Waals surface area contributed by atoms with Gasteiger partial charge in [-0.2, -0.15) is 0 Å². The lowest BCUT2D eigenvalue weighted by Gasteiger charge is -2.24. The number of hydrogen-bond acceptors (Lipinski definition) is 2. The highest BCUT2D eigenvalue weighted by molar-refractivity contribution is 7.16. The zero-order chi connectivity index (χ0) is 13.0. The molecule has 1 aromatic heterocycles. The van der Waals surface area contributed by atoms with E-state index >= 15 is 0 Å². The van der Waals surface area contributed by atoms with Crippen LogP contribution in [0.2, 0.25) is 4.34 Å². The van der Waals surface area contributed by atoms with E-state index < -0.39 is 0 Å². The van der Waals surface area contributed by atoms with E-state index in [1.54, 1.807) is 11.3 Å². The average molecular weight is 286 g/mol. The van der Waals surface area contributed by atoms with Crippen LogP contribution in [0.15, 0.2) is 12.1 Å². The van der Waals surface area contributed by atoms with Crippen molar-refractivity contribution in [2.24, 2.45) is 11.8 Å². The first-order valence-electron chi connectivity index (χ1n) is 7.16. The van der Waals surface area contributed by atoms with Crippen molar-refractivity contribution in [1.82, 2.24) is 5.32 Å². The van der Waals surface area contributed by atoms with Gasteiger partial charge in [-0.1, -0.05) is 31.9 Å². The molecule has 0 spiro atoms. The lowest BCUT2D eigenvalue weighted by atomic mass is 9.93. The van der Waals surface area contributed by atoms with Gasteiger partial charge in [0.15, 0.2) is 0 Å². The molecule has 1 nitrogen and oxygen atoms in total. The standard InChI is InChI=1S/C15H24ClNS/c1-3-8-17-14(12-5-4-11(2)9-12)10-13-6-7-15(16)18-13/h6-7,11-12,14,17H,3-5,8-10H2,1-2H3. The van der Waals surface area contributed by atoms with Gasteiger partial charge in [-0.3, -0.25) is 0 Å². The molecule has 0 radical (unpaired) electrons. The van der Waals surface area contributed by atoms with E-state index in [1.165, 1.54) is 30.6 Å². The Morgan fingerprint density at radius 3 is 2.83 bits per heavy atom. The largest absolute Gasteiger partial charge is 0.313 e.